The molecule has 1 fully saturated rings. The molecule has 2 aliphatic rings. The molecule has 27 heavy (non-hydrogen) atoms. The summed E-state index contributed by atoms with van der Waals surface area (Å²) in [6, 6.07) is 8.52. The van der Waals surface area contributed by atoms with Gasteiger partial charge >= 0.3 is 0 Å². The van der Waals surface area contributed by atoms with E-state index in [1.54, 1.807) is 29.4 Å². The van der Waals surface area contributed by atoms with Crippen LogP contribution in [0, 0.1) is 0 Å². The van der Waals surface area contributed by atoms with Crippen LogP contribution in [-0.2, 0) is 21.2 Å². The van der Waals surface area contributed by atoms with Crippen LogP contribution >= 0.6 is 0 Å². The molecule has 0 aliphatic carbocycles. The van der Waals surface area contributed by atoms with Gasteiger partial charge in [-0.05, 0) is 35.7 Å². The Balaban J connectivity index is 1.72. The molecule has 1 aromatic heterocycles. The van der Waals surface area contributed by atoms with Crippen LogP contribution in [0.25, 0.3) is 0 Å². The van der Waals surface area contributed by atoms with Gasteiger partial charge in [-0.15, -0.1) is 0 Å². The van der Waals surface area contributed by atoms with Crippen molar-refractivity contribution in [2.45, 2.75) is 24.3 Å². The van der Waals surface area contributed by atoms with Crippen molar-refractivity contribution in [3.05, 3.63) is 53.9 Å². The fraction of sp³-hybridized carbons (Fsp3) is 0.368. The lowest BCUT2D eigenvalue weighted by atomic mass is 10.1. The van der Waals surface area contributed by atoms with Gasteiger partial charge < -0.3 is 10.2 Å². The fourth-order valence-electron chi connectivity index (χ4n) is 3.81. The van der Waals surface area contributed by atoms with Crippen LogP contribution in [0.1, 0.15) is 24.1 Å². The highest BCUT2D eigenvalue weighted by atomic mass is 32.2. The highest BCUT2D eigenvalue weighted by Crippen LogP contribution is 2.34. The molecule has 142 valence electrons. The van der Waals surface area contributed by atoms with Gasteiger partial charge in [0.2, 0.25) is 15.9 Å². The Morgan fingerprint density at radius 1 is 1.26 bits per heavy atom. The zero-order valence-electron chi connectivity index (χ0n) is 15.1. The van der Waals surface area contributed by atoms with Crippen LogP contribution < -0.4 is 10.2 Å². The monoisotopic (exact) mass is 386 g/mol. The summed E-state index contributed by atoms with van der Waals surface area (Å²) in [6.45, 7) is 3.62. The maximum Gasteiger partial charge on any atom is 0.243 e. The first-order valence-electron chi connectivity index (χ1n) is 9.02. The highest BCUT2D eigenvalue weighted by Gasteiger charge is 2.35. The van der Waals surface area contributed by atoms with Crippen molar-refractivity contribution in [2.24, 2.45) is 0 Å². The Hall–Kier alpha value is -2.29. The summed E-state index contributed by atoms with van der Waals surface area (Å²) in [5, 5.41) is 3.26. The molecule has 2 aliphatic heterocycles. The second-order valence-electron chi connectivity index (χ2n) is 6.83. The van der Waals surface area contributed by atoms with Crippen molar-refractivity contribution in [2.75, 3.05) is 31.1 Å². The second-order valence-corrected chi connectivity index (χ2v) is 8.72. The molecule has 1 aromatic carbocycles. The van der Waals surface area contributed by atoms with E-state index in [9.17, 15) is 13.2 Å². The number of hydrogen-bond acceptors (Lipinski definition) is 5. The minimum absolute atomic E-state index is 0.0706. The Bertz CT molecular complexity index is 962. The maximum absolute atomic E-state index is 13.4. The number of sulfonamides is 1. The smallest absolute Gasteiger partial charge is 0.243 e. The van der Waals surface area contributed by atoms with Gasteiger partial charge in [0, 0.05) is 51.2 Å². The van der Waals surface area contributed by atoms with Crippen LogP contribution in [0.15, 0.2) is 47.6 Å². The van der Waals surface area contributed by atoms with E-state index >= 15 is 0 Å². The predicted octanol–water partition coefficient (Wildman–Crippen LogP) is 1.33. The van der Waals surface area contributed by atoms with Gasteiger partial charge in [0.25, 0.3) is 0 Å². The molecule has 1 N–H and O–H groups in total. The molecule has 7 nitrogen and oxygen atoms in total. The SMILES string of the molecule is CC(=O)N1CCc2ccc(S(=O)(=O)N3CCNCC3c3cccnc3)cc21. The van der Waals surface area contributed by atoms with Crippen molar-refractivity contribution < 1.29 is 13.2 Å². The largest absolute Gasteiger partial charge is 0.313 e. The number of nitrogens with one attached hydrogen (secondary N) is 1. The van der Waals surface area contributed by atoms with Crippen molar-refractivity contribution in [3.63, 3.8) is 0 Å². The van der Waals surface area contributed by atoms with Crippen LogP contribution in [-0.4, -0.2) is 49.8 Å². The average Bonchev–Trinajstić information content (AvgIpc) is 3.12. The Morgan fingerprint density at radius 3 is 2.85 bits per heavy atom. The zero-order chi connectivity index (χ0) is 19.0. The Kier molecular flexibility index (Phi) is 4.71. The van der Waals surface area contributed by atoms with E-state index in [0.717, 1.165) is 17.5 Å². The first kappa shape index (κ1) is 18.1. The third-order valence-electron chi connectivity index (χ3n) is 5.20. The van der Waals surface area contributed by atoms with E-state index in [0.29, 0.717) is 31.9 Å². The number of piperazine rings is 1. The van der Waals surface area contributed by atoms with Gasteiger partial charge in [-0.1, -0.05) is 12.1 Å². The number of nitrogens with zero attached hydrogens (tertiary/aromatic N) is 3. The first-order chi connectivity index (χ1) is 13.0. The number of fused-ring (bicyclic) bond motifs is 1. The summed E-state index contributed by atoms with van der Waals surface area (Å²) in [6.07, 6.45) is 4.14. The number of carbonyl (C=O) groups is 1. The molecule has 1 atom stereocenters. The van der Waals surface area contributed by atoms with Crippen LogP contribution in [0.5, 0.6) is 0 Å². The van der Waals surface area contributed by atoms with Crippen molar-refractivity contribution in [1.82, 2.24) is 14.6 Å². The lowest BCUT2D eigenvalue weighted by Crippen LogP contribution is -2.48. The van der Waals surface area contributed by atoms with Gasteiger partial charge in [0.1, 0.15) is 0 Å². The molecule has 3 heterocycles. The number of rotatable bonds is 3. The average molecular weight is 386 g/mol. The van der Waals surface area contributed by atoms with E-state index in [-0.39, 0.29) is 16.8 Å². The van der Waals surface area contributed by atoms with Gasteiger partial charge in [-0.2, -0.15) is 4.31 Å². The Morgan fingerprint density at radius 2 is 2.11 bits per heavy atom. The summed E-state index contributed by atoms with van der Waals surface area (Å²) in [7, 11) is -3.70. The van der Waals surface area contributed by atoms with E-state index in [1.165, 1.54) is 11.2 Å². The van der Waals surface area contributed by atoms with Gasteiger partial charge in [0.15, 0.2) is 0 Å². The molecule has 0 saturated carbocycles. The van der Waals surface area contributed by atoms with Gasteiger partial charge in [0.05, 0.1) is 10.9 Å². The van der Waals surface area contributed by atoms with E-state index in [4.69, 9.17) is 0 Å². The van der Waals surface area contributed by atoms with Crippen LogP contribution in [0.4, 0.5) is 5.69 Å². The summed E-state index contributed by atoms with van der Waals surface area (Å²) >= 11 is 0. The zero-order valence-corrected chi connectivity index (χ0v) is 15.9. The third kappa shape index (κ3) is 3.24. The molecule has 2 aromatic rings. The number of carbonyl (C=O) groups excluding carboxylic acids is 1. The summed E-state index contributed by atoms with van der Waals surface area (Å²) < 4.78 is 28.4. The molecule has 1 amide bonds. The summed E-state index contributed by atoms with van der Waals surface area (Å²) in [4.78, 5) is 17.9. The van der Waals surface area contributed by atoms with Crippen LogP contribution in [0.2, 0.25) is 0 Å². The molecule has 8 heteroatoms. The summed E-state index contributed by atoms with van der Waals surface area (Å²) in [5.41, 5.74) is 2.57. The van der Waals surface area contributed by atoms with E-state index < -0.39 is 10.0 Å². The lowest BCUT2D eigenvalue weighted by Gasteiger charge is -2.35. The third-order valence-corrected chi connectivity index (χ3v) is 7.11. The molecule has 1 unspecified atom stereocenters. The molecule has 0 radical (unpaired) electrons. The molecular weight excluding hydrogens is 364 g/mol. The van der Waals surface area contributed by atoms with Gasteiger partial charge in [-0.3, -0.25) is 9.78 Å². The standard InChI is InChI=1S/C19H22N4O3S/c1-14(24)22-9-6-15-4-5-17(11-18(15)22)27(25,26)23-10-8-21-13-19(23)16-3-2-7-20-12-16/h2-5,7,11-12,19,21H,6,8-10,13H2,1H3. The van der Waals surface area contributed by atoms with Crippen LogP contribution in [0.3, 0.4) is 0 Å². The number of aromatic nitrogens is 1. The van der Waals surface area contributed by atoms with Crippen molar-refractivity contribution >= 4 is 21.6 Å². The van der Waals surface area contributed by atoms with E-state index in [1.807, 2.05) is 18.2 Å². The molecule has 1 saturated heterocycles. The molecule has 0 spiro atoms. The normalized spacial score (nSPS) is 20.5. The predicted molar refractivity (Wildman–Crippen MR) is 102 cm³/mol. The molecular formula is C19H22N4O3S. The quantitative estimate of drug-likeness (QED) is 0.860. The number of amides is 1. The van der Waals surface area contributed by atoms with E-state index in [2.05, 4.69) is 10.3 Å². The number of hydrogen-bond donors (Lipinski definition) is 1. The minimum atomic E-state index is -3.70. The number of pyridine rings is 1. The number of benzene rings is 1. The summed E-state index contributed by atoms with van der Waals surface area (Å²) in [5.74, 6) is -0.0706. The van der Waals surface area contributed by atoms with Gasteiger partial charge in [-0.25, -0.2) is 8.42 Å². The first-order valence-corrected chi connectivity index (χ1v) is 10.5. The highest BCUT2D eigenvalue weighted by molar-refractivity contribution is 7.89. The van der Waals surface area contributed by atoms with Crippen molar-refractivity contribution in [1.29, 1.82) is 0 Å². The fourth-order valence-corrected chi connectivity index (χ4v) is 5.45. The molecule has 4 rings (SSSR count). The minimum Gasteiger partial charge on any atom is -0.313 e. The second kappa shape index (κ2) is 7.03. The lowest BCUT2D eigenvalue weighted by molar-refractivity contribution is -0.116. The number of anilines is 1. The molecule has 0 bridgehead atoms. The topological polar surface area (TPSA) is 82.6 Å². The van der Waals surface area contributed by atoms with Crippen molar-refractivity contribution in [3.8, 4) is 0 Å². The maximum atomic E-state index is 13.4. The Labute approximate surface area is 159 Å².